The van der Waals surface area contributed by atoms with E-state index in [0.717, 1.165) is 11.3 Å². The van der Waals surface area contributed by atoms with Gasteiger partial charge in [0.25, 0.3) is 0 Å². The van der Waals surface area contributed by atoms with Crippen molar-refractivity contribution >= 4 is 22.9 Å². The van der Waals surface area contributed by atoms with Crippen LogP contribution in [-0.4, -0.2) is 4.98 Å². The second kappa shape index (κ2) is 4.29. The van der Waals surface area contributed by atoms with Gasteiger partial charge in [-0.15, -0.1) is 11.3 Å². The highest BCUT2D eigenvalue weighted by molar-refractivity contribution is 7.15. The number of rotatable bonds is 2. The zero-order valence-electron chi connectivity index (χ0n) is 8.13. The lowest BCUT2D eigenvalue weighted by atomic mass is 10.2. The molecule has 1 heterocycles. The number of halogens is 2. The van der Waals surface area contributed by atoms with Gasteiger partial charge in [0.15, 0.2) is 5.82 Å². The molecule has 0 radical (unpaired) electrons. The number of thiazole rings is 1. The Bertz CT molecular complexity index is 481. The predicted molar refractivity (Wildman–Crippen MR) is 61.9 cm³/mol. The fraction of sp³-hybridized carbons (Fsp3) is 0.182. The molecule has 4 heteroatoms. The summed E-state index contributed by atoms with van der Waals surface area (Å²) in [5.74, 6) is -0.392. The van der Waals surface area contributed by atoms with Crippen molar-refractivity contribution in [1.29, 1.82) is 0 Å². The minimum Gasteiger partial charge on any atom is -0.244 e. The Kier molecular flexibility index (Phi) is 3.03. The van der Waals surface area contributed by atoms with E-state index >= 15 is 0 Å². The second-order valence-electron chi connectivity index (χ2n) is 3.09. The van der Waals surface area contributed by atoms with Crippen LogP contribution in [0.25, 0.3) is 10.6 Å². The lowest BCUT2D eigenvalue weighted by Crippen LogP contribution is -1.83. The molecular weight excluding hydrogens is 233 g/mol. The molecule has 0 aliphatic carbocycles. The zero-order valence-corrected chi connectivity index (χ0v) is 9.70. The van der Waals surface area contributed by atoms with E-state index in [1.54, 1.807) is 18.3 Å². The Labute approximate surface area is 96.5 Å². The Morgan fingerprint density at radius 2 is 2.27 bits per heavy atom. The summed E-state index contributed by atoms with van der Waals surface area (Å²) >= 11 is 7.21. The highest BCUT2D eigenvalue weighted by atomic mass is 35.5. The van der Waals surface area contributed by atoms with Crippen LogP contribution in [0, 0.1) is 5.82 Å². The quantitative estimate of drug-likeness (QED) is 0.769. The van der Waals surface area contributed by atoms with E-state index in [0.29, 0.717) is 10.6 Å². The number of hydrogen-bond acceptors (Lipinski definition) is 2. The van der Waals surface area contributed by atoms with Gasteiger partial charge in [0.2, 0.25) is 0 Å². The van der Waals surface area contributed by atoms with Crippen LogP contribution in [0.5, 0.6) is 0 Å². The molecule has 0 saturated carbocycles. The van der Waals surface area contributed by atoms with Gasteiger partial charge in [0.05, 0.1) is 5.02 Å². The highest BCUT2D eigenvalue weighted by Crippen LogP contribution is 2.30. The lowest BCUT2D eigenvalue weighted by molar-refractivity contribution is 0.631. The predicted octanol–water partition coefficient (Wildman–Crippen LogP) is 4.17. The summed E-state index contributed by atoms with van der Waals surface area (Å²) in [6.07, 6.45) is 2.69. The van der Waals surface area contributed by atoms with Crippen LogP contribution in [0.1, 0.15) is 11.8 Å². The minimum absolute atomic E-state index is 0.140. The standard InChI is InChI=1S/C11H9ClFNS/c1-2-7-6-14-11(15-7)8-4-3-5-9(12)10(8)13/h3-6H,2H2,1H3. The summed E-state index contributed by atoms with van der Waals surface area (Å²) in [5.41, 5.74) is 0.479. The molecule has 2 rings (SSSR count). The van der Waals surface area contributed by atoms with Gasteiger partial charge in [-0.1, -0.05) is 24.6 Å². The Hall–Kier alpha value is -0.930. The third-order valence-corrected chi connectivity index (χ3v) is 3.55. The van der Waals surface area contributed by atoms with Crippen LogP contribution < -0.4 is 0 Å². The summed E-state index contributed by atoms with van der Waals surface area (Å²) in [5, 5.41) is 0.826. The van der Waals surface area contributed by atoms with Gasteiger partial charge < -0.3 is 0 Å². The number of aryl methyl sites for hydroxylation is 1. The van der Waals surface area contributed by atoms with Gasteiger partial charge in [0.1, 0.15) is 5.01 Å². The number of benzene rings is 1. The van der Waals surface area contributed by atoms with Crippen molar-refractivity contribution in [3.05, 3.63) is 40.1 Å². The van der Waals surface area contributed by atoms with Gasteiger partial charge in [-0.2, -0.15) is 0 Å². The molecule has 0 fully saturated rings. The average Bonchev–Trinajstić information content (AvgIpc) is 2.70. The van der Waals surface area contributed by atoms with Gasteiger partial charge in [0, 0.05) is 16.6 Å². The Morgan fingerprint density at radius 1 is 1.47 bits per heavy atom. The van der Waals surface area contributed by atoms with Crippen LogP contribution in [-0.2, 0) is 6.42 Å². The van der Waals surface area contributed by atoms with Gasteiger partial charge in [-0.25, -0.2) is 9.37 Å². The number of aromatic nitrogens is 1. The molecule has 0 atom stereocenters. The maximum atomic E-state index is 13.6. The van der Waals surface area contributed by atoms with E-state index < -0.39 is 5.82 Å². The van der Waals surface area contributed by atoms with Crippen LogP contribution in [0.4, 0.5) is 4.39 Å². The molecule has 1 aromatic heterocycles. The Balaban J connectivity index is 2.49. The van der Waals surface area contributed by atoms with Crippen molar-refractivity contribution < 1.29 is 4.39 Å². The third kappa shape index (κ3) is 2.03. The smallest absolute Gasteiger partial charge is 0.152 e. The monoisotopic (exact) mass is 241 g/mol. The molecule has 0 saturated heterocycles. The molecule has 0 spiro atoms. The summed E-state index contributed by atoms with van der Waals surface area (Å²) < 4.78 is 13.6. The summed E-state index contributed by atoms with van der Waals surface area (Å²) in [4.78, 5) is 5.32. The van der Waals surface area contributed by atoms with E-state index in [4.69, 9.17) is 11.6 Å². The van der Waals surface area contributed by atoms with Crippen LogP contribution in [0.3, 0.4) is 0 Å². The summed E-state index contributed by atoms with van der Waals surface area (Å²) in [7, 11) is 0. The van der Waals surface area contributed by atoms with Crippen molar-refractivity contribution in [3.63, 3.8) is 0 Å². The minimum atomic E-state index is -0.392. The number of nitrogens with zero attached hydrogens (tertiary/aromatic N) is 1. The molecule has 1 nitrogen and oxygen atoms in total. The highest BCUT2D eigenvalue weighted by Gasteiger charge is 2.11. The molecule has 0 amide bonds. The van der Waals surface area contributed by atoms with Crippen molar-refractivity contribution in [1.82, 2.24) is 4.98 Å². The van der Waals surface area contributed by atoms with Crippen LogP contribution in [0.15, 0.2) is 24.4 Å². The molecule has 78 valence electrons. The van der Waals surface area contributed by atoms with E-state index in [2.05, 4.69) is 4.98 Å². The van der Waals surface area contributed by atoms with Crippen molar-refractivity contribution in [2.24, 2.45) is 0 Å². The maximum Gasteiger partial charge on any atom is 0.152 e. The fourth-order valence-electron chi connectivity index (χ4n) is 1.26. The molecule has 0 aliphatic rings. The lowest BCUT2D eigenvalue weighted by Gasteiger charge is -1.99. The first kappa shape index (κ1) is 10.6. The van der Waals surface area contributed by atoms with E-state index in [-0.39, 0.29) is 5.02 Å². The molecular formula is C11H9ClFNS. The molecule has 1 aromatic carbocycles. The fourth-order valence-corrected chi connectivity index (χ4v) is 2.31. The molecule has 0 bridgehead atoms. The van der Waals surface area contributed by atoms with Gasteiger partial charge in [-0.3, -0.25) is 0 Å². The first-order valence-corrected chi connectivity index (χ1v) is 5.81. The average molecular weight is 242 g/mol. The Morgan fingerprint density at radius 3 is 2.93 bits per heavy atom. The topological polar surface area (TPSA) is 12.9 Å². The van der Waals surface area contributed by atoms with Gasteiger partial charge >= 0.3 is 0 Å². The van der Waals surface area contributed by atoms with E-state index in [9.17, 15) is 4.39 Å². The second-order valence-corrected chi connectivity index (χ2v) is 4.61. The molecule has 2 aromatic rings. The normalized spacial score (nSPS) is 10.6. The van der Waals surface area contributed by atoms with Crippen molar-refractivity contribution in [2.45, 2.75) is 13.3 Å². The third-order valence-electron chi connectivity index (χ3n) is 2.08. The van der Waals surface area contributed by atoms with Gasteiger partial charge in [-0.05, 0) is 18.6 Å². The van der Waals surface area contributed by atoms with Crippen LogP contribution in [0.2, 0.25) is 5.02 Å². The van der Waals surface area contributed by atoms with Crippen molar-refractivity contribution in [2.75, 3.05) is 0 Å². The number of hydrogen-bond donors (Lipinski definition) is 0. The molecule has 0 unspecified atom stereocenters. The largest absolute Gasteiger partial charge is 0.244 e. The van der Waals surface area contributed by atoms with E-state index in [1.165, 1.54) is 17.4 Å². The van der Waals surface area contributed by atoms with E-state index in [1.807, 2.05) is 6.92 Å². The molecule has 15 heavy (non-hydrogen) atoms. The molecule has 0 N–H and O–H groups in total. The first-order chi connectivity index (χ1) is 7.22. The summed E-state index contributed by atoms with van der Waals surface area (Å²) in [6, 6.07) is 4.96. The first-order valence-electron chi connectivity index (χ1n) is 4.61. The molecule has 0 aliphatic heterocycles. The van der Waals surface area contributed by atoms with Crippen molar-refractivity contribution in [3.8, 4) is 10.6 Å². The maximum absolute atomic E-state index is 13.6. The summed E-state index contributed by atoms with van der Waals surface area (Å²) in [6.45, 7) is 2.05. The van der Waals surface area contributed by atoms with Crippen LogP contribution >= 0.6 is 22.9 Å². The SMILES string of the molecule is CCc1cnc(-c2cccc(Cl)c2F)s1. The zero-order chi connectivity index (χ0) is 10.8.